The highest BCUT2D eigenvalue weighted by Gasteiger charge is 2.26. The molecule has 0 aromatic heterocycles. The number of carboxylic acids is 1. The number of hydrogen-bond donors (Lipinski definition) is 2. The smallest absolute Gasteiger partial charge is 0.303 e. The monoisotopic (exact) mass is 255 g/mol. The molecule has 0 aliphatic heterocycles. The van der Waals surface area contributed by atoms with Crippen molar-refractivity contribution in [2.24, 2.45) is 5.16 Å². The molecule has 88 valence electrons. The Kier molecular flexibility index (Phi) is 7.52. The van der Waals surface area contributed by atoms with Crippen LogP contribution in [0.3, 0.4) is 0 Å². The lowest BCUT2D eigenvalue weighted by Crippen LogP contribution is -2.29. The summed E-state index contributed by atoms with van der Waals surface area (Å²) in [6.45, 7) is 1.60. The summed E-state index contributed by atoms with van der Waals surface area (Å²) in [6, 6.07) is 0. The van der Waals surface area contributed by atoms with Crippen molar-refractivity contribution in [1.82, 2.24) is 0 Å². The van der Waals surface area contributed by atoms with Crippen molar-refractivity contribution in [3.8, 4) is 0 Å². The molecule has 0 bridgehead atoms. The Morgan fingerprint density at radius 1 is 1.60 bits per heavy atom. The molecule has 0 heterocycles. The molecule has 6 heteroatoms. The number of carbonyl (C=O) groups is 1. The largest absolute Gasteiger partial charge is 0.481 e. The fourth-order valence-corrected chi connectivity index (χ4v) is 1.65. The van der Waals surface area contributed by atoms with Gasteiger partial charge in [-0.3, -0.25) is 4.79 Å². The second-order valence-electron chi connectivity index (χ2n) is 3.15. The molecule has 0 aromatic rings. The Hall–Kier alpha value is -0.480. The van der Waals surface area contributed by atoms with E-state index in [4.69, 9.17) is 33.5 Å². The van der Waals surface area contributed by atoms with Crippen LogP contribution in [-0.2, 0) is 4.79 Å². The van der Waals surface area contributed by atoms with Gasteiger partial charge in [0.1, 0.15) is 0 Å². The standard InChI is InChI=1S/C6H9Cl2NO.C3H6O2/c7-4-2-1-3-5(9-10)6(4)8;1-2-3(4)5/h4,6,10H,1-3H2;2H2,1H3,(H,4,5)/b9-5-;. The van der Waals surface area contributed by atoms with Crippen LogP contribution in [0.15, 0.2) is 5.16 Å². The van der Waals surface area contributed by atoms with Crippen molar-refractivity contribution >= 4 is 34.9 Å². The first-order chi connectivity index (χ1) is 7.02. The molecule has 0 aromatic carbocycles. The van der Waals surface area contributed by atoms with E-state index in [0.717, 1.165) is 19.3 Å². The number of oxime groups is 1. The van der Waals surface area contributed by atoms with Gasteiger partial charge in [-0.2, -0.15) is 0 Å². The van der Waals surface area contributed by atoms with Crippen LogP contribution in [0.2, 0.25) is 0 Å². The van der Waals surface area contributed by atoms with E-state index in [2.05, 4.69) is 5.16 Å². The zero-order chi connectivity index (χ0) is 11.8. The molecule has 1 fully saturated rings. The van der Waals surface area contributed by atoms with E-state index in [-0.39, 0.29) is 17.2 Å². The van der Waals surface area contributed by atoms with Crippen molar-refractivity contribution in [1.29, 1.82) is 0 Å². The van der Waals surface area contributed by atoms with Gasteiger partial charge in [-0.05, 0) is 19.3 Å². The summed E-state index contributed by atoms with van der Waals surface area (Å²) in [5.74, 6) is -0.745. The molecule has 0 radical (unpaired) electrons. The molecule has 2 N–H and O–H groups in total. The normalized spacial score (nSPS) is 28.1. The zero-order valence-electron chi connectivity index (χ0n) is 8.49. The second kappa shape index (κ2) is 7.77. The summed E-state index contributed by atoms with van der Waals surface area (Å²) in [5.41, 5.74) is 0.618. The predicted molar refractivity (Wildman–Crippen MR) is 60.3 cm³/mol. The average Bonchev–Trinajstić information content (AvgIpc) is 2.23. The van der Waals surface area contributed by atoms with Crippen molar-refractivity contribution in [2.75, 3.05) is 0 Å². The van der Waals surface area contributed by atoms with Crippen LogP contribution < -0.4 is 0 Å². The fraction of sp³-hybridized carbons (Fsp3) is 0.778. The van der Waals surface area contributed by atoms with Gasteiger partial charge in [0.05, 0.1) is 16.5 Å². The first-order valence-corrected chi connectivity index (χ1v) is 5.61. The molecule has 15 heavy (non-hydrogen) atoms. The van der Waals surface area contributed by atoms with Gasteiger partial charge in [-0.15, -0.1) is 23.2 Å². The minimum Gasteiger partial charge on any atom is -0.481 e. The highest BCUT2D eigenvalue weighted by Crippen LogP contribution is 2.25. The van der Waals surface area contributed by atoms with Crippen LogP contribution >= 0.6 is 23.2 Å². The van der Waals surface area contributed by atoms with E-state index in [0.29, 0.717) is 5.71 Å². The number of alkyl halides is 2. The van der Waals surface area contributed by atoms with E-state index >= 15 is 0 Å². The second-order valence-corrected chi connectivity index (χ2v) is 4.18. The Labute approximate surface area is 98.9 Å². The number of rotatable bonds is 1. The van der Waals surface area contributed by atoms with E-state index < -0.39 is 5.97 Å². The zero-order valence-corrected chi connectivity index (χ0v) is 10.0. The van der Waals surface area contributed by atoms with Crippen LogP contribution in [0.4, 0.5) is 0 Å². The molecular weight excluding hydrogens is 241 g/mol. The van der Waals surface area contributed by atoms with Gasteiger partial charge in [-0.25, -0.2) is 0 Å². The van der Waals surface area contributed by atoms with Crippen LogP contribution in [-0.4, -0.2) is 32.7 Å². The molecule has 0 amide bonds. The lowest BCUT2D eigenvalue weighted by molar-refractivity contribution is -0.136. The van der Waals surface area contributed by atoms with Gasteiger partial charge in [0.15, 0.2) is 0 Å². The van der Waals surface area contributed by atoms with E-state index in [1.807, 2.05) is 0 Å². The van der Waals surface area contributed by atoms with Crippen LogP contribution in [0.1, 0.15) is 32.6 Å². The van der Waals surface area contributed by atoms with Gasteiger partial charge in [-0.1, -0.05) is 12.1 Å². The maximum absolute atomic E-state index is 9.37. The van der Waals surface area contributed by atoms with Gasteiger partial charge in [0.2, 0.25) is 0 Å². The summed E-state index contributed by atoms with van der Waals surface area (Å²) in [7, 11) is 0. The SMILES string of the molecule is CCC(=O)O.O/N=C1/CCCC(Cl)C1Cl. The van der Waals surface area contributed by atoms with Gasteiger partial charge in [0, 0.05) is 6.42 Å². The molecule has 2 atom stereocenters. The third-order valence-corrected chi connectivity index (χ3v) is 3.13. The topological polar surface area (TPSA) is 69.9 Å². The maximum Gasteiger partial charge on any atom is 0.303 e. The third kappa shape index (κ3) is 5.85. The van der Waals surface area contributed by atoms with Crippen LogP contribution in [0.5, 0.6) is 0 Å². The lowest BCUT2D eigenvalue weighted by atomic mass is 9.98. The Morgan fingerprint density at radius 2 is 2.13 bits per heavy atom. The number of aliphatic carboxylic acids is 1. The Bertz CT molecular complexity index is 233. The van der Waals surface area contributed by atoms with Gasteiger partial charge >= 0.3 is 5.97 Å². The molecule has 1 aliphatic rings. The molecule has 1 aliphatic carbocycles. The number of carboxylic acid groups (broad SMARTS) is 1. The average molecular weight is 256 g/mol. The highest BCUT2D eigenvalue weighted by atomic mass is 35.5. The van der Waals surface area contributed by atoms with Crippen LogP contribution in [0.25, 0.3) is 0 Å². The molecule has 0 saturated heterocycles. The highest BCUT2D eigenvalue weighted by molar-refractivity contribution is 6.38. The predicted octanol–water partition coefficient (Wildman–Crippen LogP) is 2.70. The Morgan fingerprint density at radius 3 is 2.47 bits per heavy atom. The van der Waals surface area contributed by atoms with E-state index in [9.17, 15) is 4.79 Å². The fourth-order valence-electron chi connectivity index (χ4n) is 1.08. The van der Waals surface area contributed by atoms with Crippen molar-refractivity contribution in [3.63, 3.8) is 0 Å². The molecule has 1 rings (SSSR count). The van der Waals surface area contributed by atoms with Crippen LogP contribution in [0, 0.1) is 0 Å². The quantitative estimate of drug-likeness (QED) is 0.430. The molecule has 2 unspecified atom stereocenters. The molecule has 1 saturated carbocycles. The first kappa shape index (κ1) is 14.5. The van der Waals surface area contributed by atoms with Crippen molar-refractivity contribution in [3.05, 3.63) is 0 Å². The minimum atomic E-state index is -0.745. The summed E-state index contributed by atoms with van der Waals surface area (Å²) in [5, 5.41) is 18.9. The molecular formula is C9H15Cl2NO3. The Balaban J connectivity index is 0.000000336. The van der Waals surface area contributed by atoms with Crippen molar-refractivity contribution < 1.29 is 15.1 Å². The summed E-state index contributed by atoms with van der Waals surface area (Å²) in [6.07, 6.45) is 2.87. The number of hydrogen-bond acceptors (Lipinski definition) is 3. The minimum absolute atomic E-state index is 0.0682. The summed E-state index contributed by atoms with van der Waals surface area (Å²) in [4.78, 5) is 9.37. The molecule has 4 nitrogen and oxygen atoms in total. The third-order valence-electron chi connectivity index (χ3n) is 1.98. The number of nitrogens with zero attached hydrogens (tertiary/aromatic N) is 1. The maximum atomic E-state index is 9.37. The van der Waals surface area contributed by atoms with Crippen molar-refractivity contribution in [2.45, 2.75) is 43.4 Å². The van der Waals surface area contributed by atoms with E-state index in [1.54, 1.807) is 6.92 Å². The summed E-state index contributed by atoms with van der Waals surface area (Å²) < 4.78 is 0. The first-order valence-electron chi connectivity index (χ1n) is 4.73. The molecule has 0 spiro atoms. The van der Waals surface area contributed by atoms with Gasteiger partial charge in [0.25, 0.3) is 0 Å². The lowest BCUT2D eigenvalue weighted by Gasteiger charge is -2.21. The summed E-state index contributed by atoms with van der Waals surface area (Å²) >= 11 is 11.6. The van der Waals surface area contributed by atoms with E-state index in [1.165, 1.54) is 0 Å². The number of halogens is 2. The van der Waals surface area contributed by atoms with Gasteiger partial charge < -0.3 is 10.3 Å².